The summed E-state index contributed by atoms with van der Waals surface area (Å²) < 4.78 is 0. The van der Waals surface area contributed by atoms with Crippen LogP contribution in [-0.4, -0.2) is 36.6 Å². The number of halogens is 1. The molecule has 1 aliphatic heterocycles. The highest BCUT2D eigenvalue weighted by Gasteiger charge is 2.27. The van der Waals surface area contributed by atoms with Gasteiger partial charge in [0.15, 0.2) is 0 Å². The third-order valence-electron chi connectivity index (χ3n) is 3.72. The molecular weight excluding hydrogens is 244 g/mol. The molecule has 1 fully saturated rings. The van der Waals surface area contributed by atoms with Gasteiger partial charge in [0.1, 0.15) is 0 Å². The third-order valence-corrected chi connectivity index (χ3v) is 3.97. The average molecular weight is 267 g/mol. The van der Waals surface area contributed by atoms with Crippen molar-refractivity contribution in [2.45, 2.75) is 38.8 Å². The molecule has 0 aliphatic carbocycles. The van der Waals surface area contributed by atoms with Gasteiger partial charge in [-0.25, -0.2) is 0 Å². The molecule has 1 atom stereocenters. The van der Waals surface area contributed by atoms with Crippen molar-refractivity contribution in [1.29, 1.82) is 0 Å². The van der Waals surface area contributed by atoms with Crippen molar-refractivity contribution in [2.24, 2.45) is 0 Å². The molecule has 1 aromatic rings. The van der Waals surface area contributed by atoms with Crippen molar-refractivity contribution in [3.05, 3.63) is 34.9 Å². The number of benzene rings is 1. The largest absolute Gasteiger partial charge is 0.314 e. The normalized spacial score (nSPS) is 17.8. The Balaban J connectivity index is 1.95. The summed E-state index contributed by atoms with van der Waals surface area (Å²) in [7, 11) is 0. The molecule has 0 radical (unpaired) electrons. The molecule has 3 heteroatoms. The van der Waals surface area contributed by atoms with Gasteiger partial charge in [0.2, 0.25) is 0 Å². The monoisotopic (exact) mass is 266 g/mol. The SMILES string of the molecule is CCCN(C(C)Cc1ccc(Cl)cc1)C1CNC1. The van der Waals surface area contributed by atoms with Crippen molar-refractivity contribution in [1.82, 2.24) is 10.2 Å². The standard InChI is InChI=1S/C15H23ClN2/c1-3-8-18(15-10-17-11-15)12(2)9-13-4-6-14(16)7-5-13/h4-7,12,15,17H,3,8-11H2,1-2H3. The smallest absolute Gasteiger partial charge is 0.0406 e. The van der Waals surface area contributed by atoms with Crippen molar-refractivity contribution < 1.29 is 0 Å². The molecule has 0 saturated carbocycles. The van der Waals surface area contributed by atoms with E-state index in [-0.39, 0.29) is 0 Å². The van der Waals surface area contributed by atoms with Crippen molar-refractivity contribution in [3.8, 4) is 0 Å². The first kappa shape index (κ1) is 13.9. The molecule has 1 unspecified atom stereocenters. The van der Waals surface area contributed by atoms with Gasteiger partial charge in [0.25, 0.3) is 0 Å². The third kappa shape index (κ3) is 3.47. The number of hydrogen-bond donors (Lipinski definition) is 1. The molecule has 100 valence electrons. The van der Waals surface area contributed by atoms with Crippen LogP contribution in [-0.2, 0) is 6.42 Å². The summed E-state index contributed by atoms with van der Waals surface area (Å²) in [4.78, 5) is 2.64. The summed E-state index contributed by atoms with van der Waals surface area (Å²) in [5.41, 5.74) is 1.38. The Kier molecular flexibility index (Phi) is 5.04. The molecule has 0 spiro atoms. The van der Waals surface area contributed by atoms with E-state index < -0.39 is 0 Å². The molecule has 18 heavy (non-hydrogen) atoms. The van der Waals surface area contributed by atoms with Crippen LogP contribution in [0.3, 0.4) is 0 Å². The van der Waals surface area contributed by atoms with E-state index in [9.17, 15) is 0 Å². The minimum atomic E-state index is 0.596. The molecule has 1 N–H and O–H groups in total. The fourth-order valence-electron chi connectivity index (χ4n) is 2.61. The Bertz CT molecular complexity index is 359. The molecule has 1 saturated heterocycles. The average Bonchev–Trinajstić information content (AvgIpc) is 2.29. The van der Waals surface area contributed by atoms with Gasteiger partial charge in [-0.3, -0.25) is 4.90 Å². The van der Waals surface area contributed by atoms with Crippen LogP contribution < -0.4 is 5.32 Å². The van der Waals surface area contributed by atoms with Crippen LogP contribution in [0.25, 0.3) is 0 Å². The van der Waals surface area contributed by atoms with Gasteiger partial charge in [-0.1, -0.05) is 30.7 Å². The van der Waals surface area contributed by atoms with Crippen LogP contribution in [0.2, 0.25) is 5.02 Å². The van der Waals surface area contributed by atoms with E-state index in [1.807, 2.05) is 12.1 Å². The first-order valence-electron chi connectivity index (χ1n) is 6.91. The van der Waals surface area contributed by atoms with Crippen molar-refractivity contribution in [3.63, 3.8) is 0 Å². The Morgan fingerprint density at radius 1 is 1.33 bits per heavy atom. The molecular formula is C15H23ClN2. The second kappa shape index (κ2) is 6.55. The number of nitrogens with one attached hydrogen (secondary N) is 1. The lowest BCUT2D eigenvalue weighted by atomic mass is 10.0. The van der Waals surface area contributed by atoms with Crippen LogP contribution in [0.1, 0.15) is 25.8 Å². The highest BCUT2D eigenvalue weighted by atomic mass is 35.5. The lowest BCUT2D eigenvalue weighted by Crippen LogP contribution is -2.59. The maximum Gasteiger partial charge on any atom is 0.0406 e. The minimum absolute atomic E-state index is 0.596. The Hall–Kier alpha value is -0.570. The van der Waals surface area contributed by atoms with Gasteiger partial charge in [-0.05, 0) is 44.0 Å². The van der Waals surface area contributed by atoms with Crippen LogP contribution >= 0.6 is 11.6 Å². The van der Waals surface area contributed by atoms with E-state index in [1.54, 1.807) is 0 Å². The topological polar surface area (TPSA) is 15.3 Å². The summed E-state index contributed by atoms with van der Waals surface area (Å²) in [5.74, 6) is 0. The molecule has 1 aliphatic rings. The molecule has 0 bridgehead atoms. The summed E-state index contributed by atoms with van der Waals surface area (Å²) >= 11 is 5.92. The summed E-state index contributed by atoms with van der Waals surface area (Å²) in [5, 5.41) is 4.19. The Labute approximate surface area is 115 Å². The van der Waals surface area contributed by atoms with Crippen LogP contribution in [0.5, 0.6) is 0 Å². The lowest BCUT2D eigenvalue weighted by Gasteiger charge is -2.42. The van der Waals surface area contributed by atoms with Crippen molar-refractivity contribution in [2.75, 3.05) is 19.6 Å². The number of nitrogens with zero attached hydrogens (tertiary/aromatic N) is 1. The summed E-state index contributed by atoms with van der Waals surface area (Å²) in [6.45, 7) is 8.08. The number of hydrogen-bond acceptors (Lipinski definition) is 2. The lowest BCUT2D eigenvalue weighted by molar-refractivity contribution is 0.103. The van der Waals surface area contributed by atoms with Gasteiger partial charge < -0.3 is 5.32 Å². The zero-order chi connectivity index (χ0) is 13.0. The molecule has 0 amide bonds. The summed E-state index contributed by atoms with van der Waals surface area (Å²) in [6.07, 6.45) is 2.33. The maximum absolute atomic E-state index is 5.92. The predicted molar refractivity (Wildman–Crippen MR) is 78.3 cm³/mol. The first-order chi connectivity index (χ1) is 8.70. The zero-order valence-electron chi connectivity index (χ0n) is 11.3. The fraction of sp³-hybridized carbons (Fsp3) is 0.600. The van der Waals surface area contributed by atoms with Crippen LogP contribution in [0.15, 0.2) is 24.3 Å². The molecule has 2 nitrogen and oxygen atoms in total. The molecule has 1 aromatic carbocycles. The van der Waals surface area contributed by atoms with Crippen molar-refractivity contribution >= 4 is 11.6 Å². The van der Waals surface area contributed by atoms with Crippen LogP contribution in [0.4, 0.5) is 0 Å². The minimum Gasteiger partial charge on any atom is -0.314 e. The fourth-order valence-corrected chi connectivity index (χ4v) is 2.73. The zero-order valence-corrected chi connectivity index (χ0v) is 12.1. The van der Waals surface area contributed by atoms with Gasteiger partial charge in [0.05, 0.1) is 0 Å². The van der Waals surface area contributed by atoms with E-state index in [2.05, 4.69) is 36.2 Å². The molecule has 1 heterocycles. The Morgan fingerprint density at radius 2 is 2.00 bits per heavy atom. The quantitative estimate of drug-likeness (QED) is 0.852. The second-order valence-corrected chi connectivity index (χ2v) is 5.67. The van der Waals surface area contributed by atoms with Gasteiger partial charge >= 0.3 is 0 Å². The van der Waals surface area contributed by atoms with Gasteiger partial charge in [-0.2, -0.15) is 0 Å². The molecule has 2 rings (SSSR count). The molecule has 0 aromatic heterocycles. The van der Waals surface area contributed by atoms with E-state index in [0.717, 1.165) is 30.6 Å². The Morgan fingerprint density at radius 3 is 2.50 bits per heavy atom. The summed E-state index contributed by atoms with van der Waals surface area (Å²) in [6, 6.07) is 9.58. The van der Waals surface area contributed by atoms with Gasteiger partial charge in [-0.15, -0.1) is 0 Å². The second-order valence-electron chi connectivity index (χ2n) is 5.23. The van der Waals surface area contributed by atoms with E-state index in [1.165, 1.54) is 18.5 Å². The number of rotatable bonds is 6. The van der Waals surface area contributed by atoms with E-state index in [0.29, 0.717) is 6.04 Å². The maximum atomic E-state index is 5.92. The van der Waals surface area contributed by atoms with Gasteiger partial charge in [0, 0.05) is 30.2 Å². The highest BCUT2D eigenvalue weighted by Crippen LogP contribution is 2.16. The van der Waals surface area contributed by atoms with E-state index in [4.69, 9.17) is 11.6 Å². The predicted octanol–water partition coefficient (Wildman–Crippen LogP) is 2.95. The highest BCUT2D eigenvalue weighted by molar-refractivity contribution is 6.30. The van der Waals surface area contributed by atoms with Crippen LogP contribution in [0, 0.1) is 0 Å². The first-order valence-corrected chi connectivity index (χ1v) is 7.29. The van der Waals surface area contributed by atoms with E-state index >= 15 is 0 Å².